The van der Waals surface area contributed by atoms with Crippen molar-refractivity contribution in [3.63, 3.8) is 0 Å². The summed E-state index contributed by atoms with van der Waals surface area (Å²) in [6, 6.07) is 13.0. The molecule has 0 spiro atoms. The third-order valence-corrected chi connectivity index (χ3v) is 4.84. The fraction of sp³-hybridized carbons (Fsp3) is 0.150. The highest BCUT2D eigenvalue weighted by Crippen LogP contribution is 2.29. The number of hydrogen-bond acceptors (Lipinski definition) is 5. The van der Waals surface area contributed by atoms with Gasteiger partial charge in [-0.15, -0.1) is 0 Å². The van der Waals surface area contributed by atoms with Crippen molar-refractivity contribution in [1.82, 2.24) is 5.32 Å². The topological polar surface area (TPSA) is 93.8 Å². The van der Waals surface area contributed by atoms with Crippen molar-refractivity contribution >= 4 is 40.5 Å². The van der Waals surface area contributed by atoms with Crippen LogP contribution in [-0.4, -0.2) is 23.6 Å². The van der Waals surface area contributed by atoms with Crippen LogP contribution in [0.2, 0.25) is 0 Å². The molecule has 1 heterocycles. The van der Waals surface area contributed by atoms with Crippen molar-refractivity contribution < 1.29 is 14.3 Å². The van der Waals surface area contributed by atoms with Gasteiger partial charge in [0, 0.05) is 0 Å². The maximum atomic E-state index is 12.2. The number of carbonyl (C=O) groups excluding carboxylic acids is 2. The molecule has 1 saturated heterocycles. The van der Waals surface area contributed by atoms with E-state index < -0.39 is 5.91 Å². The molecule has 0 unspecified atom stereocenters. The van der Waals surface area contributed by atoms with Gasteiger partial charge >= 0.3 is 0 Å². The van der Waals surface area contributed by atoms with Crippen molar-refractivity contribution in [3.05, 3.63) is 64.1 Å². The summed E-state index contributed by atoms with van der Waals surface area (Å²) in [6.45, 7) is 3.90. The van der Waals surface area contributed by atoms with E-state index in [-0.39, 0.29) is 12.5 Å². The molecule has 0 bridgehead atoms. The van der Waals surface area contributed by atoms with Crippen molar-refractivity contribution in [2.75, 3.05) is 6.61 Å². The number of nitrogens with one attached hydrogen (secondary N) is 1. The van der Waals surface area contributed by atoms with Crippen LogP contribution in [0.5, 0.6) is 5.75 Å². The monoisotopic (exact) mass is 381 g/mol. The molecule has 6 nitrogen and oxygen atoms in total. The number of nitrogens with zero attached hydrogens (tertiary/aromatic N) is 1. The van der Waals surface area contributed by atoms with Gasteiger partial charge in [-0.05, 0) is 72.6 Å². The number of hydrogen-bond donors (Lipinski definition) is 2. The van der Waals surface area contributed by atoms with E-state index in [2.05, 4.69) is 10.3 Å². The van der Waals surface area contributed by atoms with Crippen LogP contribution in [-0.2, 0) is 9.59 Å². The maximum Gasteiger partial charge on any atom is 0.264 e. The van der Waals surface area contributed by atoms with Gasteiger partial charge in [-0.1, -0.05) is 18.2 Å². The van der Waals surface area contributed by atoms with E-state index in [0.29, 0.717) is 15.8 Å². The minimum absolute atomic E-state index is 0.170. The van der Waals surface area contributed by atoms with E-state index >= 15 is 0 Å². The molecule has 3 rings (SSSR count). The van der Waals surface area contributed by atoms with Crippen LogP contribution in [0, 0.1) is 13.8 Å². The summed E-state index contributed by atoms with van der Waals surface area (Å²) < 4.78 is 5.22. The Hall–Kier alpha value is -3.06. The molecule has 1 fully saturated rings. The summed E-state index contributed by atoms with van der Waals surface area (Å²) in [5.74, 6) is -0.177. The Morgan fingerprint density at radius 3 is 2.59 bits per heavy atom. The minimum atomic E-state index is -0.532. The summed E-state index contributed by atoms with van der Waals surface area (Å²) in [7, 11) is 0. The number of carbonyl (C=O) groups is 2. The summed E-state index contributed by atoms with van der Waals surface area (Å²) >= 11 is 1.29. The molecule has 138 valence electrons. The molecule has 0 aliphatic carbocycles. The SMILES string of the molecule is Cc1ccc(N=C2NC(=O)/C(=C/c3ccc(OCC(N)=O)cc3)S2)cc1C. The Balaban J connectivity index is 1.72. The normalized spacial score (nSPS) is 16.6. The number of thioether (sulfide) groups is 1. The molecule has 3 N–H and O–H groups in total. The lowest BCUT2D eigenvalue weighted by Crippen LogP contribution is -2.20. The quantitative estimate of drug-likeness (QED) is 0.779. The Morgan fingerprint density at radius 1 is 1.19 bits per heavy atom. The van der Waals surface area contributed by atoms with Gasteiger partial charge in [0.05, 0.1) is 10.6 Å². The van der Waals surface area contributed by atoms with E-state index in [9.17, 15) is 9.59 Å². The van der Waals surface area contributed by atoms with Crippen LogP contribution < -0.4 is 15.8 Å². The lowest BCUT2D eigenvalue weighted by atomic mass is 10.1. The molecule has 2 aromatic carbocycles. The number of aliphatic imine (C=N–C) groups is 1. The first kappa shape index (κ1) is 18.7. The highest BCUT2D eigenvalue weighted by atomic mass is 32.2. The van der Waals surface area contributed by atoms with E-state index in [1.165, 1.54) is 17.3 Å². The molecule has 0 atom stereocenters. The number of amides is 2. The van der Waals surface area contributed by atoms with E-state index in [1.54, 1.807) is 30.3 Å². The first-order valence-electron chi connectivity index (χ1n) is 8.29. The molecule has 1 aliphatic heterocycles. The summed E-state index contributed by atoms with van der Waals surface area (Å²) in [4.78, 5) is 28.0. The average molecular weight is 381 g/mol. The number of ether oxygens (including phenoxy) is 1. The highest BCUT2D eigenvalue weighted by molar-refractivity contribution is 8.18. The minimum Gasteiger partial charge on any atom is -0.484 e. The van der Waals surface area contributed by atoms with Crippen LogP contribution in [0.3, 0.4) is 0 Å². The molecular weight excluding hydrogens is 362 g/mol. The van der Waals surface area contributed by atoms with Crippen molar-refractivity contribution in [2.24, 2.45) is 10.7 Å². The molecule has 2 aromatic rings. The van der Waals surface area contributed by atoms with Gasteiger partial charge in [0.1, 0.15) is 5.75 Å². The Labute approximate surface area is 161 Å². The van der Waals surface area contributed by atoms with Crippen molar-refractivity contribution in [3.8, 4) is 5.75 Å². The molecule has 2 amide bonds. The first-order chi connectivity index (χ1) is 12.9. The molecule has 1 aliphatic rings. The van der Waals surface area contributed by atoms with Crippen LogP contribution in [0.1, 0.15) is 16.7 Å². The van der Waals surface area contributed by atoms with Gasteiger partial charge in [-0.2, -0.15) is 0 Å². The molecule has 27 heavy (non-hydrogen) atoms. The smallest absolute Gasteiger partial charge is 0.264 e. The third kappa shape index (κ3) is 4.98. The highest BCUT2D eigenvalue weighted by Gasteiger charge is 2.23. The second kappa shape index (κ2) is 8.09. The number of primary amides is 1. The second-order valence-corrected chi connectivity index (χ2v) is 7.10. The van der Waals surface area contributed by atoms with Gasteiger partial charge in [0.25, 0.3) is 11.8 Å². The fourth-order valence-electron chi connectivity index (χ4n) is 2.36. The molecule has 7 heteroatoms. The van der Waals surface area contributed by atoms with E-state index in [4.69, 9.17) is 10.5 Å². The average Bonchev–Trinajstić information content (AvgIpc) is 2.96. The van der Waals surface area contributed by atoms with Gasteiger partial charge in [0.2, 0.25) is 0 Å². The first-order valence-corrected chi connectivity index (χ1v) is 9.10. The molecular formula is C20H19N3O3S. The number of amidine groups is 1. The van der Waals surface area contributed by atoms with Gasteiger partial charge in [-0.3, -0.25) is 9.59 Å². The molecule has 0 saturated carbocycles. The largest absolute Gasteiger partial charge is 0.484 e. The number of aryl methyl sites for hydroxylation is 2. The predicted molar refractivity (Wildman–Crippen MR) is 108 cm³/mol. The van der Waals surface area contributed by atoms with Gasteiger partial charge in [0.15, 0.2) is 11.8 Å². The van der Waals surface area contributed by atoms with E-state index in [1.807, 2.05) is 32.0 Å². The van der Waals surface area contributed by atoms with Crippen LogP contribution in [0.4, 0.5) is 5.69 Å². The zero-order valence-corrected chi connectivity index (χ0v) is 15.8. The van der Waals surface area contributed by atoms with Gasteiger partial charge in [-0.25, -0.2) is 4.99 Å². The van der Waals surface area contributed by atoms with Crippen LogP contribution in [0.25, 0.3) is 6.08 Å². The predicted octanol–water partition coefficient (Wildman–Crippen LogP) is 3.06. The summed E-state index contributed by atoms with van der Waals surface area (Å²) in [6.07, 6.45) is 1.78. The zero-order chi connectivity index (χ0) is 19.4. The third-order valence-electron chi connectivity index (χ3n) is 3.93. The van der Waals surface area contributed by atoms with Crippen molar-refractivity contribution in [1.29, 1.82) is 0 Å². The van der Waals surface area contributed by atoms with Crippen molar-refractivity contribution in [2.45, 2.75) is 13.8 Å². The molecule has 0 aromatic heterocycles. The lowest BCUT2D eigenvalue weighted by molar-refractivity contribution is -0.120. The standard InChI is InChI=1S/C20H19N3O3S/c1-12-3-6-15(9-13(12)2)22-20-23-19(25)17(27-20)10-14-4-7-16(8-5-14)26-11-18(21)24/h3-10H,11H2,1-2H3,(H2,21,24)(H,22,23,25)/b17-10-. The Bertz CT molecular complexity index is 949. The summed E-state index contributed by atoms with van der Waals surface area (Å²) in [5.41, 5.74) is 9.04. The van der Waals surface area contributed by atoms with Crippen LogP contribution in [0.15, 0.2) is 52.4 Å². The number of rotatable bonds is 5. The fourth-order valence-corrected chi connectivity index (χ4v) is 3.20. The zero-order valence-electron chi connectivity index (χ0n) is 15.0. The second-order valence-electron chi connectivity index (χ2n) is 6.07. The van der Waals surface area contributed by atoms with E-state index in [0.717, 1.165) is 16.8 Å². The Morgan fingerprint density at radius 2 is 1.93 bits per heavy atom. The summed E-state index contributed by atoms with van der Waals surface area (Å²) in [5, 5.41) is 3.33. The number of nitrogens with two attached hydrogens (primary N) is 1. The number of benzene rings is 2. The van der Waals surface area contributed by atoms with Crippen LogP contribution >= 0.6 is 11.8 Å². The Kier molecular flexibility index (Phi) is 5.61. The lowest BCUT2D eigenvalue weighted by Gasteiger charge is -2.03. The van der Waals surface area contributed by atoms with Gasteiger partial charge < -0.3 is 15.8 Å². The maximum absolute atomic E-state index is 12.2. The molecule has 0 radical (unpaired) electrons.